The van der Waals surface area contributed by atoms with E-state index in [-0.39, 0.29) is 16.5 Å². The molecule has 0 aliphatic rings. The molecule has 0 atom stereocenters. The molecule has 1 aromatic carbocycles. The molecule has 2 rings (SSSR count). The van der Waals surface area contributed by atoms with Gasteiger partial charge in [-0.15, -0.1) is 0 Å². The molecule has 5 nitrogen and oxygen atoms in total. The predicted molar refractivity (Wildman–Crippen MR) is 77.8 cm³/mol. The second-order valence-electron chi connectivity index (χ2n) is 3.86. The lowest BCUT2D eigenvalue weighted by molar-refractivity contribution is 0.102. The summed E-state index contributed by atoms with van der Waals surface area (Å²) in [5.41, 5.74) is 6.49. The van der Waals surface area contributed by atoms with Crippen LogP contribution in [0, 0.1) is 11.3 Å². The Hall–Kier alpha value is -2.29. The molecule has 0 saturated heterocycles. The van der Waals surface area contributed by atoms with Gasteiger partial charge in [0.2, 0.25) is 0 Å². The number of carbonyl (C=O) groups is 1. The van der Waals surface area contributed by atoms with Gasteiger partial charge < -0.3 is 11.1 Å². The minimum absolute atomic E-state index is 0.118. The largest absolute Gasteiger partial charge is 0.384 e. The third kappa shape index (κ3) is 3.18. The highest BCUT2D eigenvalue weighted by molar-refractivity contribution is 6.34. The smallest absolute Gasteiger partial charge is 0.255 e. The zero-order valence-electron chi connectivity index (χ0n) is 10.0. The molecule has 1 amide bonds. The van der Waals surface area contributed by atoms with Crippen LogP contribution in [0.3, 0.4) is 0 Å². The number of hydrogen-bond donors (Lipinski definition) is 2. The number of aromatic nitrogens is 1. The average Bonchev–Trinajstić information content (AvgIpc) is 2.40. The Balaban J connectivity index is 2.30. The molecular weight excluding hydrogens is 299 g/mol. The van der Waals surface area contributed by atoms with E-state index in [1.165, 1.54) is 24.3 Å². The second kappa shape index (κ2) is 5.78. The summed E-state index contributed by atoms with van der Waals surface area (Å²) < 4.78 is 0. The first-order chi connectivity index (χ1) is 9.49. The summed E-state index contributed by atoms with van der Waals surface area (Å²) in [6, 6.07) is 9.31. The monoisotopic (exact) mass is 306 g/mol. The van der Waals surface area contributed by atoms with E-state index in [9.17, 15) is 4.79 Å². The van der Waals surface area contributed by atoms with E-state index in [1.807, 2.05) is 6.07 Å². The molecular formula is C13H8Cl2N4O. The highest BCUT2D eigenvalue weighted by Crippen LogP contribution is 2.24. The minimum atomic E-state index is -0.446. The molecule has 0 aliphatic carbocycles. The maximum atomic E-state index is 12.1. The topological polar surface area (TPSA) is 91.8 Å². The van der Waals surface area contributed by atoms with Gasteiger partial charge in [0, 0.05) is 5.56 Å². The van der Waals surface area contributed by atoms with Crippen molar-refractivity contribution in [1.29, 1.82) is 5.26 Å². The van der Waals surface area contributed by atoms with Crippen molar-refractivity contribution < 1.29 is 4.79 Å². The molecule has 0 aliphatic heterocycles. The van der Waals surface area contributed by atoms with Crippen LogP contribution in [0.5, 0.6) is 0 Å². The SMILES string of the molecule is N#Cc1ccc(Cl)c(NC(=O)c2cc(N)nc(Cl)c2)c1. The molecule has 100 valence electrons. The van der Waals surface area contributed by atoms with E-state index >= 15 is 0 Å². The van der Waals surface area contributed by atoms with Gasteiger partial charge in [0.15, 0.2) is 0 Å². The molecule has 0 radical (unpaired) electrons. The Labute approximate surface area is 124 Å². The minimum Gasteiger partial charge on any atom is -0.384 e. The quantitative estimate of drug-likeness (QED) is 0.834. The lowest BCUT2D eigenvalue weighted by Crippen LogP contribution is -2.13. The Morgan fingerprint density at radius 1 is 1.30 bits per heavy atom. The van der Waals surface area contributed by atoms with E-state index in [0.29, 0.717) is 16.3 Å². The third-order valence-corrected chi connectivity index (χ3v) is 2.94. The first kappa shape index (κ1) is 14.1. The van der Waals surface area contributed by atoms with Crippen molar-refractivity contribution in [2.75, 3.05) is 11.1 Å². The van der Waals surface area contributed by atoms with Crippen molar-refractivity contribution in [3.05, 3.63) is 51.6 Å². The zero-order valence-corrected chi connectivity index (χ0v) is 11.5. The lowest BCUT2D eigenvalue weighted by atomic mass is 10.2. The number of nitrogens with two attached hydrogens (primary N) is 1. The van der Waals surface area contributed by atoms with Crippen LogP contribution >= 0.6 is 23.2 Å². The highest BCUT2D eigenvalue weighted by Gasteiger charge is 2.11. The molecule has 3 N–H and O–H groups in total. The van der Waals surface area contributed by atoms with Crippen molar-refractivity contribution in [3.63, 3.8) is 0 Å². The average molecular weight is 307 g/mol. The number of halogens is 2. The number of amides is 1. The number of anilines is 2. The van der Waals surface area contributed by atoms with Crippen LogP contribution in [0.4, 0.5) is 11.5 Å². The fourth-order valence-electron chi connectivity index (χ4n) is 1.53. The summed E-state index contributed by atoms with van der Waals surface area (Å²) in [6.45, 7) is 0. The first-order valence-electron chi connectivity index (χ1n) is 5.43. The van der Waals surface area contributed by atoms with Crippen LogP contribution in [0.1, 0.15) is 15.9 Å². The molecule has 1 heterocycles. The van der Waals surface area contributed by atoms with Crippen molar-refractivity contribution in [1.82, 2.24) is 4.98 Å². The summed E-state index contributed by atoms with van der Waals surface area (Å²) in [6.07, 6.45) is 0. The first-order valence-corrected chi connectivity index (χ1v) is 6.19. The normalized spacial score (nSPS) is 9.85. The van der Waals surface area contributed by atoms with Gasteiger partial charge in [-0.25, -0.2) is 4.98 Å². The molecule has 0 saturated carbocycles. The number of rotatable bonds is 2. The van der Waals surface area contributed by atoms with Crippen molar-refractivity contribution in [2.24, 2.45) is 0 Å². The molecule has 0 spiro atoms. The van der Waals surface area contributed by atoms with E-state index in [1.54, 1.807) is 6.07 Å². The molecule has 2 aromatic rings. The number of benzene rings is 1. The second-order valence-corrected chi connectivity index (χ2v) is 4.66. The molecule has 0 bridgehead atoms. The number of nitriles is 1. The van der Waals surface area contributed by atoms with Crippen molar-refractivity contribution in [3.8, 4) is 6.07 Å². The van der Waals surface area contributed by atoms with Crippen LogP contribution in [0.15, 0.2) is 30.3 Å². The lowest BCUT2D eigenvalue weighted by Gasteiger charge is -2.08. The van der Waals surface area contributed by atoms with E-state index in [4.69, 9.17) is 34.2 Å². The maximum Gasteiger partial charge on any atom is 0.255 e. The molecule has 7 heteroatoms. The molecule has 0 unspecified atom stereocenters. The number of nitrogen functional groups attached to an aromatic ring is 1. The molecule has 1 aromatic heterocycles. The fraction of sp³-hybridized carbons (Fsp3) is 0. The zero-order chi connectivity index (χ0) is 14.7. The number of carbonyl (C=O) groups excluding carboxylic acids is 1. The highest BCUT2D eigenvalue weighted by atomic mass is 35.5. The van der Waals surface area contributed by atoms with E-state index in [0.717, 1.165) is 0 Å². The summed E-state index contributed by atoms with van der Waals surface area (Å²) >= 11 is 11.7. The standard InChI is InChI=1S/C13H8Cl2N4O/c14-9-2-1-7(6-16)3-10(9)18-13(20)8-4-11(15)19-12(17)5-8/h1-5H,(H2,17,19)(H,18,20). The van der Waals surface area contributed by atoms with Crippen LogP contribution < -0.4 is 11.1 Å². The van der Waals surface area contributed by atoms with Crippen LogP contribution in [-0.2, 0) is 0 Å². The van der Waals surface area contributed by atoms with Gasteiger partial charge in [0.1, 0.15) is 11.0 Å². The Morgan fingerprint density at radius 2 is 2.05 bits per heavy atom. The van der Waals surface area contributed by atoms with E-state index in [2.05, 4.69) is 10.3 Å². The van der Waals surface area contributed by atoms with Crippen LogP contribution in [0.25, 0.3) is 0 Å². The maximum absolute atomic E-state index is 12.1. The van der Waals surface area contributed by atoms with Gasteiger partial charge in [0.05, 0.1) is 22.3 Å². The molecule has 20 heavy (non-hydrogen) atoms. The van der Waals surface area contributed by atoms with Gasteiger partial charge in [-0.1, -0.05) is 23.2 Å². The number of nitrogens with zero attached hydrogens (tertiary/aromatic N) is 2. The summed E-state index contributed by atoms with van der Waals surface area (Å²) in [5.74, 6) is -0.308. The summed E-state index contributed by atoms with van der Waals surface area (Å²) in [5, 5.41) is 11.9. The number of nitrogens with one attached hydrogen (secondary N) is 1. The Bertz CT molecular complexity index is 705. The number of pyridine rings is 1. The fourth-order valence-corrected chi connectivity index (χ4v) is 1.91. The third-order valence-electron chi connectivity index (χ3n) is 2.42. The molecule has 0 fully saturated rings. The van der Waals surface area contributed by atoms with Gasteiger partial charge >= 0.3 is 0 Å². The van der Waals surface area contributed by atoms with Gasteiger partial charge in [-0.05, 0) is 30.3 Å². The van der Waals surface area contributed by atoms with Gasteiger partial charge in [-0.2, -0.15) is 5.26 Å². The Kier molecular flexibility index (Phi) is 4.08. The van der Waals surface area contributed by atoms with Crippen LogP contribution in [-0.4, -0.2) is 10.9 Å². The van der Waals surface area contributed by atoms with Gasteiger partial charge in [0.25, 0.3) is 5.91 Å². The van der Waals surface area contributed by atoms with Gasteiger partial charge in [-0.3, -0.25) is 4.79 Å². The predicted octanol–water partition coefficient (Wildman–Crippen LogP) is 3.09. The number of hydrogen-bond acceptors (Lipinski definition) is 4. The van der Waals surface area contributed by atoms with Crippen LogP contribution in [0.2, 0.25) is 10.2 Å². The van der Waals surface area contributed by atoms with E-state index < -0.39 is 5.91 Å². The summed E-state index contributed by atoms with van der Waals surface area (Å²) in [7, 11) is 0. The van der Waals surface area contributed by atoms with Crippen molar-refractivity contribution >= 4 is 40.6 Å². The van der Waals surface area contributed by atoms with Crippen molar-refractivity contribution in [2.45, 2.75) is 0 Å². The Morgan fingerprint density at radius 3 is 2.70 bits per heavy atom. The summed E-state index contributed by atoms with van der Waals surface area (Å²) in [4.78, 5) is 15.8.